The van der Waals surface area contributed by atoms with Crippen LogP contribution in [0.3, 0.4) is 0 Å². The van der Waals surface area contributed by atoms with Crippen molar-refractivity contribution in [1.82, 2.24) is 5.32 Å². The number of fused-ring (bicyclic) bond motifs is 1. The molecule has 3 rings (SSSR count). The van der Waals surface area contributed by atoms with Crippen molar-refractivity contribution >= 4 is 11.6 Å². The molecule has 22 heavy (non-hydrogen) atoms. The van der Waals surface area contributed by atoms with Crippen LogP contribution in [-0.2, 0) is 11.2 Å². The first-order chi connectivity index (χ1) is 10.5. The molecule has 2 aliphatic heterocycles. The molecule has 1 amide bonds. The Bertz CT molecular complexity index is 548. The quantitative estimate of drug-likeness (QED) is 0.898. The van der Waals surface area contributed by atoms with Gasteiger partial charge in [0.15, 0.2) is 0 Å². The smallest absolute Gasteiger partial charge is 0.224 e. The summed E-state index contributed by atoms with van der Waals surface area (Å²) in [7, 11) is 0. The lowest BCUT2D eigenvalue weighted by molar-refractivity contribution is -0.116. The summed E-state index contributed by atoms with van der Waals surface area (Å²) in [6.45, 7) is 6.36. The number of hydrogen-bond donors (Lipinski definition) is 2. The molecule has 0 saturated carbocycles. The zero-order chi connectivity index (χ0) is 15.6. The summed E-state index contributed by atoms with van der Waals surface area (Å²) in [5, 5.41) is 6.39. The first-order valence-corrected chi connectivity index (χ1v) is 8.34. The average Bonchev–Trinajstić information content (AvgIpc) is 2.79. The summed E-state index contributed by atoms with van der Waals surface area (Å²) < 4.78 is 5.86. The summed E-state index contributed by atoms with van der Waals surface area (Å²) in [6.07, 6.45) is 4.89. The van der Waals surface area contributed by atoms with E-state index in [1.165, 1.54) is 18.4 Å². The number of carbonyl (C=O) groups excluding carboxylic acids is 1. The van der Waals surface area contributed by atoms with E-state index in [9.17, 15) is 4.79 Å². The van der Waals surface area contributed by atoms with Gasteiger partial charge in [0.05, 0.1) is 0 Å². The largest absolute Gasteiger partial charge is 0.487 e. The molecule has 2 heterocycles. The van der Waals surface area contributed by atoms with E-state index in [1.54, 1.807) is 0 Å². The molecule has 0 bridgehead atoms. The number of carbonyl (C=O) groups is 1. The van der Waals surface area contributed by atoms with E-state index in [1.807, 2.05) is 18.2 Å². The second kappa shape index (κ2) is 6.29. The third-order valence-corrected chi connectivity index (χ3v) is 4.59. The van der Waals surface area contributed by atoms with Crippen LogP contribution in [-0.4, -0.2) is 24.6 Å². The van der Waals surface area contributed by atoms with Gasteiger partial charge in [0.25, 0.3) is 0 Å². The van der Waals surface area contributed by atoms with E-state index >= 15 is 0 Å². The van der Waals surface area contributed by atoms with Gasteiger partial charge in [-0.05, 0) is 70.3 Å². The Morgan fingerprint density at radius 1 is 1.36 bits per heavy atom. The van der Waals surface area contributed by atoms with Crippen LogP contribution in [0.25, 0.3) is 0 Å². The van der Waals surface area contributed by atoms with Crippen LogP contribution >= 0.6 is 0 Å². The SMILES string of the molecule is CC1(C)Cc2cc(NC(=O)CCC3CCNCC3)ccc2O1. The minimum absolute atomic E-state index is 0.122. The molecule has 0 spiro atoms. The van der Waals surface area contributed by atoms with Gasteiger partial charge in [-0.15, -0.1) is 0 Å². The van der Waals surface area contributed by atoms with Gasteiger partial charge in [0, 0.05) is 24.1 Å². The topological polar surface area (TPSA) is 50.4 Å². The normalized spacial score (nSPS) is 20.3. The van der Waals surface area contributed by atoms with Crippen LogP contribution in [0.2, 0.25) is 0 Å². The first kappa shape index (κ1) is 15.3. The maximum Gasteiger partial charge on any atom is 0.224 e. The maximum atomic E-state index is 12.1. The van der Waals surface area contributed by atoms with Gasteiger partial charge in [-0.25, -0.2) is 0 Å². The van der Waals surface area contributed by atoms with Crippen LogP contribution in [0, 0.1) is 5.92 Å². The van der Waals surface area contributed by atoms with Gasteiger partial charge < -0.3 is 15.4 Å². The lowest BCUT2D eigenvalue weighted by Crippen LogP contribution is -2.28. The molecule has 1 saturated heterocycles. The van der Waals surface area contributed by atoms with Gasteiger partial charge in [-0.3, -0.25) is 4.79 Å². The highest BCUT2D eigenvalue weighted by Crippen LogP contribution is 2.36. The van der Waals surface area contributed by atoms with Gasteiger partial charge in [0.1, 0.15) is 11.4 Å². The number of piperidine rings is 1. The Labute approximate surface area is 132 Å². The van der Waals surface area contributed by atoms with Crippen molar-refractivity contribution in [1.29, 1.82) is 0 Å². The third kappa shape index (κ3) is 3.80. The molecule has 0 radical (unpaired) electrons. The molecule has 0 aromatic heterocycles. The Hall–Kier alpha value is -1.55. The average molecular weight is 302 g/mol. The summed E-state index contributed by atoms with van der Waals surface area (Å²) >= 11 is 0. The van der Waals surface area contributed by atoms with E-state index in [0.717, 1.165) is 37.4 Å². The second-order valence-corrected chi connectivity index (χ2v) is 7.14. The Balaban J connectivity index is 1.52. The third-order valence-electron chi connectivity index (χ3n) is 4.59. The maximum absolute atomic E-state index is 12.1. The van der Waals surface area contributed by atoms with Crippen LogP contribution in [0.1, 0.15) is 45.1 Å². The highest BCUT2D eigenvalue weighted by molar-refractivity contribution is 5.90. The molecule has 1 aromatic rings. The molecule has 2 aliphatic rings. The monoisotopic (exact) mass is 302 g/mol. The molecule has 0 aliphatic carbocycles. The van der Waals surface area contributed by atoms with Crippen LogP contribution < -0.4 is 15.4 Å². The molecule has 2 N–H and O–H groups in total. The van der Waals surface area contributed by atoms with E-state index in [0.29, 0.717) is 12.3 Å². The fraction of sp³-hybridized carbons (Fsp3) is 0.611. The number of rotatable bonds is 4. The molecule has 4 heteroatoms. The van der Waals surface area contributed by atoms with Crippen molar-refractivity contribution in [2.24, 2.45) is 5.92 Å². The van der Waals surface area contributed by atoms with E-state index in [2.05, 4.69) is 24.5 Å². The first-order valence-electron chi connectivity index (χ1n) is 8.34. The number of hydrogen-bond acceptors (Lipinski definition) is 3. The Morgan fingerprint density at radius 3 is 2.91 bits per heavy atom. The molecule has 0 unspecified atom stereocenters. The fourth-order valence-corrected chi connectivity index (χ4v) is 3.42. The Kier molecular flexibility index (Phi) is 4.39. The van der Waals surface area contributed by atoms with Gasteiger partial charge in [0.2, 0.25) is 5.91 Å². The predicted octanol–water partition coefficient (Wildman–Crippen LogP) is 3.12. The van der Waals surface area contributed by atoms with Crippen molar-refractivity contribution in [3.63, 3.8) is 0 Å². The number of ether oxygens (including phenoxy) is 1. The minimum Gasteiger partial charge on any atom is -0.487 e. The second-order valence-electron chi connectivity index (χ2n) is 7.14. The van der Waals surface area contributed by atoms with E-state index < -0.39 is 0 Å². The highest BCUT2D eigenvalue weighted by Gasteiger charge is 2.30. The summed E-state index contributed by atoms with van der Waals surface area (Å²) in [4.78, 5) is 12.1. The molecule has 0 atom stereocenters. The zero-order valence-corrected chi connectivity index (χ0v) is 13.6. The summed E-state index contributed by atoms with van der Waals surface area (Å²) in [5.74, 6) is 1.76. The number of amides is 1. The molecular formula is C18H26N2O2. The molecule has 4 nitrogen and oxygen atoms in total. The molecule has 1 aromatic carbocycles. The summed E-state index contributed by atoms with van der Waals surface area (Å²) in [6, 6.07) is 5.95. The zero-order valence-electron chi connectivity index (χ0n) is 13.6. The van der Waals surface area contributed by atoms with Crippen molar-refractivity contribution < 1.29 is 9.53 Å². The molecule has 1 fully saturated rings. The molecular weight excluding hydrogens is 276 g/mol. The Morgan fingerprint density at radius 2 is 2.14 bits per heavy atom. The van der Waals surface area contributed by atoms with E-state index in [4.69, 9.17) is 4.74 Å². The van der Waals surface area contributed by atoms with Crippen molar-refractivity contribution in [3.8, 4) is 5.75 Å². The lowest BCUT2D eigenvalue weighted by Gasteiger charge is -2.22. The van der Waals surface area contributed by atoms with Crippen molar-refractivity contribution in [2.75, 3.05) is 18.4 Å². The molecule has 120 valence electrons. The van der Waals surface area contributed by atoms with Crippen molar-refractivity contribution in [3.05, 3.63) is 23.8 Å². The number of anilines is 1. The highest BCUT2D eigenvalue weighted by atomic mass is 16.5. The van der Waals surface area contributed by atoms with Gasteiger partial charge in [-0.1, -0.05) is 0 Å². The standard InChI is InChI=1S/C18H26N2O2/c1-18(2)12-14-11-15(4-5-16(14)22-18)20-17(21)6-3-13-7-9-19-10-8-13/h4-5,11,13,19H,3,6-10,12H2,1-2H3,(H,20,21). The number of benzene rings is 1. The van der Waals surface area contributed by atoms with Gasteiger partial charge in [-0.2, -0.15) is 0 Å². The van der Waals surface area contributed by atoms with Crippen molar-refractivity contribution in [2.45, 2.75) is 51.6 Å². The van der Waals surface area contributed by atoms with E-state index in [-0.39, 0.29) is 11.5 Å². The lowest BCUT2D eigenvalue weighted by atomic mass is 9.93. The van der Waals surface area contributed by atoms with Crippen LogP contribution in [0.4, 0.5) is 5.69 Å². The number of nitrogens with one attached hydrogen (secondary N) is 2. The van der Waals surface area contributed by atoms with Gasteiger partial charge >= 0.3 is 0 Å². The van der Waals surface area contributed by atoms with Crippen LogP contribution in [0.5, 0.6) is 5.75 Å². The van der Waals surface area contributed by atoms with Crippen LogP contribution in [0.15, 0.2) is 18.2 Å². The summed E-state index contributed by atoms with van der Waals surface area (Å²) in [5.41, 5.74) is 1.93. The minimum atomic E-state index is -0.139. The predicted molar refractivity (Wildman–Crippen MR) is 88.3 cm³/mol. The fourth-order valence-electron chi connectivity index (χ4n) is 3.42.